The molecule has 0 unspecified atom stereocenters. The van der Waals surface area contributed by atoms with Gasteiger partial charge in [0.05, 0.1) is 6.61 Å². The number of rotatable bonds is 25. The topological polar surface area (TPSA) is 224 Å². The fourth-order valence-electron chi connectivity index (χ4n) is 6.04. The van der Waals surface area contributed by atoms with Crippen LogP contribution < -0.4 is 10.4 Å². The van der Waals surface area contributed by atoms with Crippen LogP contribution in [-0.4, -0.2) is 85.0 Å². The van der Waals surface area contributed by atoms with Crippen LogP contribution in [0.2, 0.25) is 0 Å². The first-order valence-corrected chi connectivity index (χ1v) is 21.3. The largest absolute Gasteiger partial charge is 0.504 e. The number of fused-ring (bicyclic) bond motifs is 1. The monoisotopic (exact) mass is 818 g/mol. The Bertz CT molecular complexity index is 1540. The Kier molecular flexibility index (Phi) is 29.6. The molecule has 7 N–H and O–H groups in total. The molecule has 3 rings (SSSR count). The quantitative estimate of drug-likeness (QED) is 0.0287. The van der Waals surface area contributed by atoms with Crippen LogP contribution in [0.5, 0.6) is 11.5 Å². The van der Waals surface area contributed by atoms with Gasteiger partial charge in [0, 0.05) is 36.8 Å². The lowest BCUT2D eigenvalue weighted by Gasteiger charge is -2.39. The second-order valence-electron chi connectivity index (χ2n) is 14.6. The number of ether oxygens (including phenoxy) is 2. The lowest BCUT2D eigenvalue weighted by atomic mass is 9.99. The second-order valence-corrected chi connectivity index (χ2v) is 14.6. The number of aliphatic hydroxyl groups excluding tert-OH is 4. The normalized spacial score (nSPS) is 18.7. The number of hydrogen-bond donors (Lipinski definition) is 7. The summed E-state index contributed by atoms with van der Waals surface area (Å²) in [6.07, 6.45) is 21.3. The number of unbranched alkanes of at least 4 members (excludes halogenated alkanes) is 17. The molecule has 0 radical (unpaired) electrons. The predicted molar refractivity (Wildman–Crippen MR) is 224 cm³/mol. The number of carboxylic acid groups (broad SMARTS) is 2. The molecule has 13 heteroatoms. The lowest BCUT2D eigenvalue weighted by molar-refractivity contribution is -0.277. The van der Waals surface area contributed by atoms with E-state index in [0.29, 0.717) is 18.2 Å². The van der Waals surface area contributed by atoms with Crippen molar-refractivity contribution in [3.05, 3.63) is 46.8 Å². The molecule has 0 aliphatic carbocycles. The number of aromatic hydroxyl groups is 1. The van der Waals surface area contributed by atoms with E-state index in [-0.39, 0.29) is 17.1 Å². The fraction of sp³-hybridized carbons (Fsp3) is 0.667. The molecule has 0 spiro atoms. The highest BCUT2D eigenvalue weighted by atomic mass is 16.7. The van der Waals surface area contributed by atoms with Crippen LogP contribution >= 0.6 is 0 Å². The van der Waals surface area contributed by atoms with Crippen LogP contribution in [0, 0.1) is 11.8 Å². The van der Waals surface area contributed by atoms with Crippen molar-refractivity contribution in [2.75, 3.05) is 6.61 Å². The molecule has 1 fully saturated rings. The van der Waals surface area contributed by atoms with Gasteiger partial charge in [0.25, 0.3) is 0 Å². The molecule has 13 nitrogen and oxygen atoms in total. The van der Waals surface area contributed by atoms with Gasteiger partial charge < -0.3 is 49.6 Å². The Labute approximate surface area is 344 Å². The summed E-state index contributed by atoms with van der Waals surface area (Å²) >= 11 is 0. The van der Waals surface area contributed by atoms with Gasteiger partial charge in [0.15, 0.2) is 11.5 Å². The summed E-state index contributed by atoms with van der Waals surface area (Å²) < 4.78 is 15.5. The third-order valence-corrected chi connectivity index (χ3v) is 9.51. The van der Waals surface area contributed by atoms with Gasteiger partial charge in [0.2, 0.25) is 6.29 Å². The van der Waals surface area contributed by atoms with Gasteiger partial charge in [-0.2, -0.15) is 0 Å². The Morgan fingerprint density at radius 1 is 0.741 bits per heavy atom. The van der Waals surface area contributed by atoms with Crippen molar-refractivity contribution in [1.82, 2.24) is 0 Å². The number of hydrogen-bond acceptors (Lipinski definition) is 11. The SMILES string of the molecule is CCCCCC/C=C/C#CCCCCCCCC(=O)O.CCCCCCCCCCCC(=O)O.O=c1ccc2cc(O[C@@H]3O[C@H](CO)[C@@H](O)[C@H](O)[C@H]3O)c(O)cc2o1. The highest BCUT2D eigenvalue weighted by Crippen LogP contribution is 2.33. The summed E-state index contributed by atoms with van der Waals surface area (Å²) in [7, 11) is 0. The molecule has 1 aromatic carbocycles. The predicted octanol–water partition coefficient (Wildman–Crippen LogP) is 8.00. The van der Waals surface area contributed by atoms with Crippen LogP contribution in [-0.2, 0) is 14.3 Å². The summed E-state index contributed by atoms with van der Waals surface area (Å²) in [6.45, 7) is 3.86. The van der Waals surface area contributed by atoms with Gasteiger partial charge in [-0.25, -0.2) is 4.79 Å². The molecule has 1 aliphatic rings. The van der Waals surface area contributed by atoms with Crippen molar-refractivity contribution in [1.29, 1.82) is 0 Å². The average Bonchev–Trinajstić information content (AvgIpc) is 3.19. The van der Waals surface area contributed by atoms with E-state index in [0.717, 1.165) is 63.9 Å². The van der Waals surface area contributed by atoms with Crippen molar-refractivity contribution in [2.24, 2.45) is 0 Å². The maximum atomic E-state index is 11.2. The zero-order chi connectivity index (χ0) is 43.0. The van der Waals surface area contributed by atoms with E-state index < -0.39 is 54.9 Å². The van der Waals surface area contributed by atoms with Crippen molar-refractivity contribution in [2.45, 2.75) is 186 Å². The molecule has 0 amide bonds. The van der Waals surface area contributed by atoms with Gasteiger partial charge in [0.1, 0.15) is 30.0 Å². The number of phenols is 1. The van der Waals surface area contributed by atoms with Crippen molar-refractivity contribution >= 4 is 22.9 Å². The Hall–Kier alpha value is -3.93. The smallest absolute Gasteiger partial charge is 0.336 e. The van der Waals surface area contributed by atoms with Crippen LogP contribution in [0.25, 0.3) is 11.0 Å². The molecule has 1 aromatic heterocycles. The van der Waals surface area contributed by atoms with E-state index in [1.54, 1.807) is 0 Å². The van der Waals surface area contributed by atoms with Gasteiger partial charge in [-0.3, -0.25) is 9.59 Å². The number of allylic oxidation sites excluding steroid dienone is 2. The minimum Gasteiger partial charge on any atom is -0.504 e. The second kappa shape index (κ2) is 33.0. The third-order valence-electron chi connectivity index (χ3n) is 9.51. The minimum atomic E-state index is -1.60. The molecule has 58 heavy (non-hydrogen) atoms. The number of carboxylic acids is 2. The number of aliphatic hydroxyl groups is 4. The van der Waals surface area contributed by atoms with E-state index in [1.165, 1.54) is 88.8 Å². The van der Waals surface area contributed by atoms with Gasteiger partial charge >= 0.3 is 17.6 Å². The van der Waals surface area contributed by atoms with E-state index in [2.05, 4.69) is 31.8 Å². The molecular formula is C45H70O13. The van der Waals surface area contributed by atoms with Gasteiger partial charge in [-0.05, 0) is 50.3 Å². The first-order valence-electron chi connectivity index (χ1n) is 21.3. The van der Waals surface area contributed by atoms with Gasteiger partial charge in [-0.15, -0.1) is 0 Å². The van der Waals surface area contributed by atoms with E-state index in [4.69, 9.17) is 29.2 Å². The van der Waals surface area contributed by atoms with Crippen LogP contribution in [0.1, 0.15) is 155 Å². The van der Waals surface area contributed by atoms with Crippen LogP contribution in [0.4, 0.5) is 0 Å². The van der Waals surface area contributed by atoms with Crippen molar-refractivity contribution in [3.8, 4) is 23.3 Å². The summed E-state index contributed by atoms with van der Waals surface area (Å²) in [6, 6.07) is 5.17. The van der Waals surface area contributed by atoms with E-state index in [1.807, 2.05) is 6.08 Å². The molecule has 0 saturated carbocycles. The summed E-state index contributed by atoms with van der Waals surface area (Å²) in [5.74, 6) is 4.43. The number of carbonyl (C=O) groups is 2. The minimum absolute atomic E-state index is 0.0966. The first-order chi connectivity index (χ1) is 27.9. The standard InChI is InChI=1S/C18H30O2.C15H16O9.C12H24O2/c1-2-3-4-5-6-7-8-9-10-11-12-13-14-15-16-17-18(19)20;16-5-10-12(19)13(20)14(21)15(24-10)23-9-3-6-1-2-11(18)22-8(6)4-7(9)17;1-2-3-4-5-6-7-8-9-10-11-12(13)14/h7-8H,2-6,11-17H2,1H3,(H,19,20);1-4,10,12-17,19-21H,5H2;2-11H2,1H3,(H,13,14)/b8-7+;;/t;10-,12-,13+,14-,15-;/m.1./s1. The first kappa shape index (κ1) is 52.1. The highest BCUT2D eigenvalue weighted by Gasteiger charge is 2.45. The third kappa shape index (κ3) is 24.1. The number of benzene rings is 1. The maximum Gasteiger partial charge on any atom is 0.336 e. The maximum absolute atomic E-state index is 11.2. The highest BCUT2D eigenvalue weighted by molar-refractivity contribution is 5.80. The Morgan fingerprint density at radius 2 is 1.29 bits per heavy atom. The summed E-state index contributed by atoms with van der Waals surface area (Å²) in [5, 5.41) is 65.9. The molecule has 1 saturated heterocycles. The summed E-state index contributed by atoms with van der Waals surface area (Å²) in [4.78, 5) is 31.7. The van der Waals surface area contributed by atoms with Crippen molar-refractivity contribution < 1.29 is 59.2 Å². The molecule has 0 bridgehead atoms. The molecular weight excluding hydrogens is 748 g/mol. The molecule has 5 atom stereocenters. The summed E-state index contributed by atoms with van der Waals surface area (Å²) in [5.41, 5.74) is -0.439. The average molecular weight is 819 g/mol. The van der Waals surface area contributed by atoms with Crippen LogP contribution in [0.15, 0.2) is 45.6 Å². The van der Waals surface area contributed by atoms with E-state index in [9.17, 15) is 34.8 Å². The molecule has 2 heterocycles. The number of phenolic OH excluding ortho intramolecular Hbond substituents is 1. The number of aliphatic carboxylic acids is 2. The Balaban J connectivity index is 0.000000452. The fourth-order valence-corrected chi connectivity index (χ4v) is 6.04. The van der Waals surface area contributed by atoms with Crippen molar-refractivity contribution in [3.63, 3.8) is 0 Å². The zero-order valence-electron chi connectivity index (χ0n) is 34.7. The molecule has 328 valence electrons. The van der Waals surface area contributed by atoms with Crippen LogP contribution in [0.3, 0.4) is 0 Å². The lowest BCUT2D eigenvalue weighted by Crippen LogP contribution is -2.60. The molecule has 2 aromatic rings. The van der Waals surface area contributed by atoms with E-state index >= 15 is 0 Å². The molecule has 1 aliphatic heterocycles. The zero-order valence-corrected chi connectivity index (χ0v) is 34.7. The Morgan fingerprint density at radius 3 is 1.86 bits per heavy atom. The van der Waals surface area contributed by atoms with Gasteiger partial charge in [-0.1, -0.05) is 122 Å².